The number of amides is 1. The highest BCUT2D eigenvalue weighted by atomic mass is 16.5. The van der Waals surface area contributed by atoms with Crippen molar-refractivity contribution in [2.24, 2.45) is 0 Å². The number of hydrogen-bond acceptors (Lipinski definition) is 4. The van der Waals surface area contributed by atoms with Crippen molar-refractivity contribution in [3.05, 3.63) is 83.3 Å². The van der Waals surface area contributed by atoms with Crippen LogP contribution in [0.15, 0.2) is 65.1 Å². The van der Waals surface area contributed by atoms with Crippen LogP contribution < -0.4 is 5.32 Å². The van der Waals surface area contributed by atoms with Crippen LogP contribution in [0.25, 0.3) is 11.1 Å². The number of hydrogen-bond donors (Lipinski definition) is 1. The SMILES string of the molecule is O=Cc1ccc(C#CCNC(=O)OCC2c3ccccc3-c3ccccc32)o1. The van der Waals surface area contributed by atoms with Crippen LogP contribution in [0.4, 0.5) is 4.79 Å². The quantitative estimate of drug-likeness (QED) is 0.556. The van der Waals surface area contributed by atoms with Gasteiger partial charge in [0.2, 0.25) is 0 Å². The molecule has 5 nitrogen and oxygen atoms in total. The number of fused-ring (bicyclic) bond motifs is 3. The van der Waals surface area contributed by atoms with Crippen LogP contribution in [0.5, 0.6) is 0 Å². The van der Waals surface area contributed by atoms with Gasteiger partial charge in [-0.25, -0.2) is 4.79 Å². The fourth-order valence-electron chi connectivity index (χ4n) is 3.38. The van der Waals surface area contributed by atoms with Crippen molar-refractivity contribution in [3.8, 4) is 23.0 Å². The number of carbonyl (C=O) groups excluding carboxylic acids is 2. The lowest BCUT2D eigenvalue weighted by Gasteiger charge is -2.14. The maximum Gasteiger partial charge on any atom is 0.407 e. The Balaban J connectivity index is 1.35. The minimum atomic E-state index is -0.524. The van der Waals surface area contributed by atoms with E-state index >= 15 is 0 Å². The number of ether oxygens (including phenoxy) is 1. The van der Waals surface area contributed by atoms with Crippen LogP contribution in [-0.4, -0.2) is 25.5 Å². The van der Waals surface area contributed by atoms with Crippen molar-refractivity contribution in [1.29, 1.82) is 0 Å². The third kappa shape index (κ3) is 3.53. The smallest absolute Gasteiger partial charge is 0.407 e. The Morgan fingerprint density at radius 3 is 2.36 bits per heavy atom. The number of furan rings is 1. The number of carbonyl (C=O) groups is 2. The summed E-state index contributed by atoms with van der Waals surface area (Å²) in [4.78, 5) is 22.6. The molecule has 28 heavy (non-hydrogen) atoms. The molecular formula is C23H17NO4. The van der Waals surface area contributed by atoms with E-state index in [1.807, 2.05) is 24.3 Å². The van der Waals surface area contributed by atoms with Gasteiger partial charge in [-0.2, -0.15) is 0 Å². The maximum atomic E-state index is 12.0. The van der Waals surface area contributed by atoms with Crippen LogP contribution in [0.3, 0.4) is 0 Å². The predicted octanol–water partition coefficient (Wildman–Crippen LogP) is 3.98. The van der Waals surface area contributed by atoms with E-state index in [0.717, 1.165) is 0 Å². The molecule has 0 aliphatic heterocycles. The number of rotatable bonds is 4. The van der Waals surface area contributed by atoms with Gasteiger partial charge < -0.3 is 14.5 Å². The number of alkyl carbamates (subject to hydrolysis) is 1. The lowest BCUT2D eigenvalue weighted by molar-refractivity contribution is 0.110. The summed E-state index contributed by atoms with van der Waals surface area (Å²) < 4.78 is 10.6. The summed E-state index contributed by atoms with van der Waals surface area (Å²) in [6, 6.07) is 19.5. The highest BCUT2D eigenvalue weighted by Crippen LogP contribution is 2.44. The third-order valence-corrected chi connectivity index (χ3v) is 4.62. The summed E-state index contributed by atoms with van der Waals surface area (Å²) in [6.45, 7) is 0.377. The molecule has 1 aliphatic rings. The Morgan fingerprint density at radius 1 is 1.04 bits per heavy atom. The van der Waals surface area contributed by atoms with E-state index in [-0.39, 0.29) is 24.8 Å². The molecule has 0 unspecified atom stereocenters. The molecule has 0 saturated heterocycles. The van der Waals surface area contributed by atoms with E-state index in [1.54, 1.807) is 6.07 Å². The second-order valence-corrected chi connectivity index (χ2v) is 6.30. The molecule has 1 aliphatic carbocycles. The topological polar surface area (TPSA) is 68.5 Å². The Hall–Kier alpha value is -3.78. The molecule has 0 radical (unpaired) electrons. The first-order valence-corrected chi connectivity index (χ1v) is 8.89. The normalized spacial score (nSPS) is 11.7. The molecule has 0 spiro atoms. The molecule has 1 aromatic heterocycles. The zero-order valence-corrected chi connectivity index (χ0v) is 15.0. The molecule has 5 heteroatoms. The van der Waals surface area contributed by atoms with E-state index in [2.05, 4.69) is 41.4 Å². The average Bonchev–Trinajstić information content (AvgIpc) is 3.32. The zero-order chi connectivity index (χ0) is 19.3. The molecule has 3 aromatic rings. The molecule has 1 amide bonds. The van der Waals surface area contributed by atoms with Crippen molar-refractivity contribution in [3.63, 3.8) is 0 Å². The molecule has 138 valence electrons. The van der Waals surface area contributed by atoms with Crippen LogP contribution in [0.2, 0.25) is 0 Å². The molecule has 0 saturated carbocycles. The Labute approximate surface area is 162 Å². The second-order valence-electron chi connectivity index (χ2n) is 6.30. The molecule has 2 aromatic carbocycles. The Bertz CT molecular complexity index is 1040. The molecular weight excluding hydrogens is 354 g/mol. The van der Waals surface area contributed by atoms with E-state index in [4.69, 9.17) is 9.15 Å². The number of aldehydes is 1. The van der Waals surface area contributed by atoms with E-state index in [0.29, 0.717) is 12.0 Å². The monoisotopic (exact) mass is 371 g/mol. The molecule has 1 N–H and O–H groups in total. The summed E-state index contributed by atoms with van der Waals surface area (Å²) in [5.41, 5.74) is 4.71. The summed E-state index contributed by atoms with van der Waals surface area (Å²) in [7, 11) is 0. The fourth-order valence-corrected chi connectivity index (χ4v) is 3.38. The standard InChI is InChI=1S/C23H17NO4/c25-14-17-12-11-16(28-17)6-5-13-24-23(26)27-15-22-20-9-3-1-7-18(20)19-8-2-4-10-21(19)22/h1-4,7-12,14,22H,13,15H2,(H,24,26). The minimum absolute atomic E-state index is 0.0223. The Morgan fingerprint density at radius 2 is 1.71 bits per heavy atom. The van der Waals surface area contributed by atoms with Gasteiger partial charge >= 0.3 is 6.09 Å². The fraction of sp³-hybridized carbons (Fsp3) is 0.130. The van der Waals surface area contributed by atoms with Crippen molar-refractivity contribution in [2.45, 2.75) is 5.92 Å². The highest BCUT2D eigenvalue weighted by molar-refractivity contribution is 5.79. The van der Waals surface area contributed by atoms with Gasteiger partial charge in [-0.15, -0.1) is 0 Å². The van der Waals surface area contributed by atoms with E-state index in [9.17, 15) is 9.59 Å². The lowest BCUT2D eigenvalue weighted by Crippen LogP contribution is -2.26. The van der Waals surface area contributed by atoms with Gasteiger partial charge in [0, 0.05) is 5.92 Å². The van der Waals surface area contributed by atoms with Crippen LogP contribution >= 0.6 is 0 Å². The van der Waals surface area contributed by atoms with Crippen molar-refractivity contribution in [1.82, 2.24) is 5.32 Å². The van der Waals surface area contributed by atoms with E-state index in [1.165, 1.54) is 28.3 Å². The highest BCUT2D eigenvalue weighted by Gasteiger charge is 2.28. The van der Waals surface area contributed by atoms with Crippen molar-refractivity contribution < 1.29 is 18.7 Å². The third-order valence-electron chi connectivity index (χ3n) is 4.62. The zero-order valence-electron chi connectivity index (χ0n) is 15.0. The summed E-state index contributed by atoms with van der Waals surface area (Å²) in [5, 5.41) is 2.60. The van der Waals surface area contributed by atoms with Gasteiger partial charge in [0.1, 0.15) is 6.61 Å². The van der Waals surface area contributed by atoms with Gasteiger partial charge in [0.15, 0.2) is 17.8 Å². The van der Waals surface area contributed by atoms with Crippen molar-refractivity contribution >= 4 is 12.4 Å². The predicted molar refractivity (Wildman–Crippen MR) is 104 cm³/mol. The molecule has 1 heterocycles. The molecule has 0 fully saturated rings. The molecule has 0 bridgehead atoms. The van der Waals surface area contributed by atoms with Gasteiger partial charge in [0.05, 0.1) is 6.54 Å². The average molecular weight is 371 g/mol. The minimum Gasteiger partial charge on any atom is -0.449 e. The van der Waals surface area contributed by atoms with Gasteiger partial charge in [-0.05, 0) is 40.3 Å². The largest absolute Gasteiger partial charge is 0.449 e. The maximum absolute atomic E-state index is 12.0. The summed E-state index contributed by atoms with van der Waals surface area (Å²) >= 11 is 0. The van der Waals surface area contributed by atoms with Crippen LogP contribution in [0.1, 0.15) is 33.4 Å². The van der Waals surface area contributed by atoms with Gasteiger partial charge in [0.25, 0.3) is 0 Å². The van der Waals surface area contributed by atoms with Crippen LogP contribution in [0, 0.1) is 11.8 Å². The summed E-state index contributed by atoms with van der Waals surface area (Å²) in [5.74, 6) is 6.10. The summed E-state index contributed by atoms with van der Waals surface area (Å²) in [6.07, 6.45) is 0.0873. The first-order valence-electron chi connectivity index (χ1n) is 8.89. The van der Waals surface area contributed by atoms with Gasteiger partial charge in [-0.3, -0.25) is 4.79 Å². The second kappa shape index (κ2) is 7.85. The lowest BCUT2D eigenvalue weighted by atomic mass is 9.98. The van der Waals surface area contributed by atoms with Crippen LogP contribution in [-0.2, 0) is 4.74 Å². The molecule has 4 rings (SSSR count). The molecule has 0 atom stereocenters. The Kier molecular flexibility index (Phi) is 4.94. The number of nitrogens with one attached hydrogen (secondary N) is 1. The van der Waals surface area contributed by atoms with Gasteiger partial charge in [-0.1, -0.05) is 54.5 Å². The number of benzene rings is 2. The first-order chi connectivity index (χ1) is 13.8. The first kappa shape index (κ1) is 17.6. The van der Waals surface area contributed by atoms with Crippen molar-refractivity contribution in [2.75, 3.05) is 13.2 Å². The van der Waals surface area contributed by atoms with E-state index < -0.39 is 6.09 Å².